The van der Waals surface area contributed by atoms with Crippen LogP contribution in [-0.4, -0.2) is 12.3 Å². The second-order valence-electron chi connectivity index (χ2n) is 3.48. The molecule has 0 aromatic heterocycles. The lowest BCUT2D eigenvalue weighted by atomic mass is 10.2. The van der Waals surface area contributed by atoms with Gasteiger partial charge in [0.25, 0.3) is 0 Å². The third-order valence-corrected chi connectivity index (χ3v) is 2.38. The molecular weight excluding hydrogens is 218 g/mol. The highest BCUT2D eigenvalue weighted by atomic mass is 16.5. The number of ether oxygens (including phenoxy) is 1. The van der Waals surface area contributed by atoms with Crippen molar-refractivity contribution in [2.24, 2.45) is 0 Å². The fourth-order valence-electron chi connectivity index (χ4n) is 1.54. The summed E-state index contributed by atoms with van der Waals surface area (Å²) in [6.45, 7) is 0. The minimum atomic E-state index is -0.160. The Morgan fingerprint density at radius 1 is 1.12 bits per heavy atom. The Morgan fingerprint density at radius 2 is 1.82 bits per heavy atom. The molecule has 4 heteroatoms. The van der Waals surface area contributed by atoms with E-state index in [9.17, 15) is 10.3 Å². The Morgan fingerprint density at radius 3 is 2.47 bits per heavy atom. The highest BCUT2D eigenvalue weighted by molar-refractivity contribution is 5.67. The van der Waals surface area contributed by atoms with E-state index >= 15 is 0 Å². The number of rotatable bonds is 3. The van der Waals surface area contributed by atoms with Gasteiger partial charge < -0.3 is 9.84 Å². The van der Waals surface area contributed by atoms with E-state index in [-0.39, 0.29) is 5.75 Å². The first kappa shape index (κ1) is 11.3. The van der Waals surface area contributed by atoms with Crippen LogP contribution in [0.3, 0.4) is 0 Å². The zero-order valence-corrected chi connectivity index (χ0v) is 9.33. The average molecular weight is 230 g/mol. The molecule has 0 radical (unpaired) electrons. The van der Waals surface area contributed by atoms with Crippen LogP contribution in [0.4, 0.5) is 11.4 Å². The zero-order valence-electron chi connectivity index (χ0n) is 9.33. The maximum absolute atomic E-state index is 11.2. The van der Waals surface area contributed by atoms with E-state index < -0.39 is 0 Å². The van der Waals surface area contributed by atoms with Gasteiger partial charge in [-0.15, -0.1) is 5.75 Å². The van der Waals surface area contributed by atoms with Gasteiger partial charge in [-0.05, 0) is 24.3 Å². The van der Waals surface area contributed by atoms with Crippen molar-refractivity contribution in [1.29, 1.82) is 0 Å². The minimum Gasteiger partial charge on any atom is -0.872 e. The van der Waals surface area contributed by atoms with Crippen molar-refractivity contribution in [3.05, 3.63) is 48.5 Å². The minimum absolute atomic E-state index is 0.160. The highest BCUT2D eigenvalue weighted by Gasteiger charge is 2.10. The van der Waals surface area contributed by atoms with E-state index in [0.717, 1.165) is 5.06 Å². The highest BCUT2D eigenvalue weighted by Crippen LogP contribution is 2.33. The van der Waals surface area contributed by atoms with Crippen molar-refractivity contribution >= 4 is 11.4 Å². The fourth-order valence-corrected chi connectivity index (χ4v) is 1.54. The lowest BCUT2D eigenvalue weighted by Gasteiger charge is -2.21. The van der Waals surface area contributed by atoms with Crippen molar-refractivity contribution in [2.75, 3.05) is 12.2 Å². The molecule has 0 atom stereocenters. The molecule has 17 heavy (non-hydrogen) atoms. The van der Waals surface area contributed by atoms with E-state index in [1.807, 2.05) is 18.2 Å². The normalized spacial score (nSPS) is 10.0. The molecule has 2 aromatic carbocycles. The molecule has 2 aromatic rings. The van der Waals surface area contributed by atoms with Gasteiger partial charge in [-0.2, -0.15) is 0 Å². The van der Waals surface area contributed by atoms with Gasteiger partial charge in [0.15, 0.2) is 0 Å². The van der Waals surface area contributed by atoms with Gasteiger partial charge in [-0.25, -0.2) is 5.06 Å². The number of nitrogens with zero attached hydrogens (tertiary/aromatic N) is 1. The van der Waals surface area contributed by atoms with Gasteiger partial charge >= 0.3 is 0 Å². The van der Waals surface area contributed by atoms with Crippen LogP contribution < -0.4 is 14.9 Å². The van der Waals surface area contributed by atoms with Crippen LogP contribution in [-0.2, 0) is 0 Å². The van der Waals surface area contributed by atoms with Gasteiger partial charge in [-0.3, -0.25) is 5.21 Å². The van der Waals surface area contributed by atoms with Gasteiger partial charge in [0.05, 0.1) is 12.8 Å². The molecule has 88 valence electrons. The van der Waals surface area contributed by atoms with Crippen LogP contribution in [0.1, 0.15) is 0 Å². The number of methoxy groups -OCH3 is 1. The Kier molecular flexibility index (Phi) is 3.16. The summed E-state index contributed by atoms with van der Waals surface area (Å²) in [5, 5.41) is 22.2. The van der Waals surface area contributed by atoms with Crippen LogP contribution in [0.5, 0.6) is 11.5 Å². The van der Waals surface area contributed by atoms with Crippen molar-refractivity contribution < 1.29 is 15.1 Å². The Bertz CT molecular complexity index is 499. The van der Waals surface area contributed by atoms with Gasteiger partial charge in [0, 0.05) is 0 Å². The molecule has 0 fully saturated rings. The lowest BCUT2D eigenvalue weighted by molar-refractivity contribution is -0.268. The standard InChI is InChI=1S/C13H13NO3/c1-17-13-9-11(15)7-8-12(13)14(16)10-5-3-2-4-6-10/h2-9,15-16H,1H3/p-1. The van der Waals surface area contributed by atoms with E-state index in [4.69, 9.17) is 4.74 Å². The molecule has 0 saturated carbocycles. The predicted molar refractivity (Wildman–Crippen MR) is 62.8 cm³/mol. The third kappa shape index (κ3) is 2.32. The molecule has 1 N–H and O–H groups in total. The number of anilines is 2. The summed E-state index contributed by atoms with van der Waals surface area (Å²) in [6.07, 6.45) is 0. The molecule has 0 aliphatic carbocycles. The van der Waals surface area contributed by atoms with E-state index in [1.54, 1.807) is 12.1 Å². The average Bonchev–Trinajstić information content (AvgIpc) is 2.39. The number of hydrogen-bond donors (Lipinski definition) is 1. The molecular formula is C13H12NO3-. The first-order valence-corrected chi connectivity index (χ1v) is 5.11. The summed E-state index contributed by atoms with van der Waals surface area (Å²) in [5.41, 5.74) is 1.03. The topological polar surface area (TPSA) is 55.8 Å². The molecule has 0 aliphatic rings. The largest absolute Gasteiger partial charge is 0.872 e. The quantitative estimate of drug-likeness (QED) is 0.822. The molecule has 0 saturated heterocycles. The number of benzene rings is 2. The third-order valence-electron chi connectivity index (χ3n) is 2.38. The van der Waals surface area contributed by atoms with Gasteiger partial charge in [0.2, 0.25) is 0 Å². The Hall–Kier alpha value is -2.20. The van der Waals surface area contributed by atoms with Gasteiger partial charge in [-0.1, -0.05) is 24.3 Å². The molecule has 0 bridgehead atoms. The summed E-state index contributed by atoms with van der Waals surface area (Å²) in [5.74, 6) is 0.177. The predicted octanol–water partition coefficient (Wildman–Crippen LogP) is 2.30. The number of hydrogen-bond acceptors (Lipinski definition) is 4. The molecule has 0 amide bonds. The smallest absolute Gasteiger partial charge is 0.144 e. The first-order valence-electron chi connectivity index (χ1n) is 5.11. The van der Waals surface area contributed by atoms with Crippen LogP contribution in [0.25, 0.3) is 0 Å². The molecule has 0 unspecified atom stereocenters. The van der Waals surface area contributed by atoms with Crippen molar-refractivity contribution in [3.63, 3.8) is 0 Å². The molecule has 4 nitrogen and oxygen atoms in total. The molecule has 0 heterocycles. The van der Waals surface area contributed by atoms with Crippen LogP contribution >= 0.6 is 0 Å². The van der Waals surface area contributed by atoms with Crippen molar-refractivity contribution in [3.8, 4) is 11.5 Å². The molecule has 2 rings (SSSR count). The summed E-state index contributed by atoms with van der Waals surface area (Å²) in [7, 11) is 1.46. The van der Waals surface area contributed by atoms with Crippen LogP contribution in [0.2, 0.25) is 0 Å². The second kappa shape index (κ2) is 4.76. The Balaban J connectivity index is 2.40. The summed E-state index contributed by atoms with van der Waals surface area (Å²) in [6, 6.07) is 13.2. The fraction of sp³-hybridized carbons (Fsp3) is 0.0769. The van der Waals surface area contributed by atoms with Crippen molar-refractivity contribution in [2.45, 2.75) is 0 Å². The van der Waals surface area contributed by atoms with Crippen LogP contribution in [0.15, 0.2) is 48.5 Å². The molecule has 0 aliphatic heterocycles. The monoisotopic (exact) mass is 230 g/mol. The second-order valence-corrected chi connectivity index (χ2v) is 3.48. The SMILES string of the molecule is COc1cc([O-])ccc1N(O)c1ccccc1. The number of para-hydroxylation sites is 1. The maximum Gasteiger partial charge on any atom is 0.144 e. The Labute approximate surface area is 99.3 Å². The summed E-state index contributed by atoms with van der Waals surface area (Å²) < 4.78 is 5.07. The van der Waals surface area contributed by atoms with E-state index in [2.05, 4.69) is 0 Å². The summed E-state index contributed by atoms with van der Waals surface area (Å²) >= 11 is 0. The zero-order chi connectivity index (χ0) is 12.3. The summed E-state index contributed by atoms with van der Waals surface area (Å²) in [4.78, 5) is 0. The van der Waals surface area contributed by atoms with Crippen LogP contribution in [0, 0.1) is 0 Å². The molecule has 0 spiro atoms. The van der Waals surface area contributed by atoms with Gasteiger partial charge in [0.1, 0.15) is 11.4 Å². The maximum atomic E-state index is 11.2. The first-order chi connectivity index (χ1) is 8.22. The lowest BCUT2D eigenvalue weighted by Crippen LogP contribution is -2.11. The van der Waals surface area contributed by atoms with E-state index in [1.165, 1.54) is 25.3 Å². The van der Waals surface area contributed by atoms with Crippen molar-refractivity contribution in [1.82, 2.24) is 0 Å². The van der Waals surface area contributed by atoms with E-state index in [0.29, 0.717) is 17.1 Å².